The Morgan fingerprint density at radius 2 is 1.50 bits per heavy atom. The Bertz CT molecular complexity index is 1540. The van der Waals surface area contributed by atoms with Crippen LogP contribution in [0.15, 0.2) is 11.6 Å². The summed E-state index contributed by atoms with van der Waals surface area (Å²) in [6.45, 7) is 9.34. The van der Waals surface area contributed by atoms with Gasteiger partial charge < -0.3 is 69.7 Å². The van der Waals surface area contributed by atoms with E-state index in [0.29, 0.717) is 51.4 Å². The molecule has 7 rings (SSSR count). The number of aliphatic hydroxyl groups is 9. The zero-order valence-corrected chi connectivity index (χ0v) is 33.2. The second-order valence-electron chi connectivity index (χ2n) is 19.8. The van der Waals surface area contributed by atoms with Crippen LogP contribution in [0, 0.1) is 50.2 Å². The summed E-state index contributed by atoms with van der Waals surface area (Å²) < 4.78 is 23.3. The number of esters is 1. The highest BCUT2D eigenvalue weighted by Crippen LogP contribution is 2.76. The van der Waals surface area contributed by atoms with Crippen molar-refractivity contribution in [3.05, 3.63) is 11.6 Å². The van der Waals surface area contributed by atoms with E-state index in [-0.39, 0.29) is 36.4 Å². The van der Waals surface area contributed by atoms with Crippen molar-refractivity contribution < 1.29 is 74.5 Å². The summed E-state index contributed by atoms with van der Waals surface area (Å²) in [5, 5.41) is 95.3. The summed E-state index contributed by atoms with van der Waals surface area (Å²) in [5.74, 6) is -1.09. The molecule has 4 unspecified atom stereocenters. The van der Waals surface area contributed by atoms with E-state index in [9.17, 15) is 55.5 Å². The third-order valence-corrected chi connectivity index (χ3v) is 17.0. The number of aliphatic hydroxyl groups excluding tert-OH is 9. The van der Waals surface area contributed by atoms with Crippen LogP contribution in [0.1, 0.15) is 92.4 Å². The molecule has 0 aromatic carbocycles. The average molecular weight is 797 g/mol. The van der Waals surface area contributed by atoms with Crippen molar-refractivity contribution in [2.45, 2.75) is 160 Å². The van der Waals surface area contributed by atoms with Gasteiger partial charge in [0.2, 0.25) is 6.29 Å². The molecule has 5 aliphatic carbocycles. The lowest BCUT2D eigenvalue weighted by atomic mass is 9.33. The average Bonchev–Trinajstić information content (AvgIpc) is 3.16. The van der Waals surface area contributed by atoms with Crippen molar-refractivity contribution in [3.63, 3.8) is 0 Å². The number of ether oxygens (including phenoxy) is 4. The maximum Gasteiger partial charge on any atom is 0.315 e. The van der Waals surface area contributed by atoms with Gasteiger partial charge in [-0.05, 0) is 91.8 Å². The molecule has 2 aliphatic heterocycles. The summed E-state index contributed by atoms with van der Waals surface area (Å²) in [7, 11) is 0. The fourth-order valence-electron chi connectivity index (χ4n) is 13.4. The highest BCUT2D eigenvalue weighted by molar-refractivity contribution is 5.79. The number of allylic oxidation sites excluding steroid dienone is 2. The van der Waals surface area contributed by atoms with E-state index in [4.69, 9.17) is 18.9 Å². The van der Waals surface area contributed by atoms with Crippen LogP contribution in [0.4, 0.5) is 0 Å². The zero-order valence-electron chi connectivity index (χ0n) is 33.2. The second kappa shape index (κ2) is 14.5. The quantitative estimate of drug-likeness (QED) is 0.0716. The largest absolute Gasteiger partial charge is 0.432 e. The van der Waals surface area contributed by atoms with Crippen LogP contribution >= 0.6 is 0 Å². The van der Waals surface area contributed by atoms with Crippen molar-refractivity contribution in [2.75, 3.05) is 19.8 Å². The van der Waals surface area contributed by atoms with Crippen LogP contribution in [-0.4, -0.2) is 146 Å². The number of carbonyl (C=O) groups is 2. The summed E-state index contributed by atoms with van der Waals surface area (Å²) in [6.07, 6.45) is -7.66. The zero-order chi connectivity index (χ0) is 41.0. The second-order valence-corrected chi connectivity index (χ2v) is 19.8. The van der Waals surface area contributed by atoms with Gasteiger partial charge in [-0.2, -0.15) is 0 Å². The number of carbonyl (C=O) groups excluding carboxylic acids is 2. The first-order valence-electron chi connectivity index (χ1n) is 20.5. The molecule has 6 fully saturated rings. The molecule has 2 heterocycles. The molecule has 0 aromatic heterocycles. The molecule has 318 valence electrons. The van der Waals surface area contributed by atoms with Gasteiger partial charge in [0.05, 0.1) is 37.4 Å². The lowest BCUT2D eigenvalue weighted by molar-refractivity contribution is -0.328. The van der Waals surface area contributed by atoms with Crippen LogP contribution < -0.4 is 0 Å². The van der Waals surface area contributed by atoms with Gasteiger partial charge in [0, 0.05) is 10.8 Å². The van der Waals surface area contributed by atoms with Crippen LogP contribution in [0.25, 0.3) is 0 Å². The predicted octanol–water partition coefficient (Wildman–Crippen LogP) is 0.0776. The molecule has 0 spiro atoms. The minimum absolute atomic E-state index is 0.0343. The fraction of sp³-hybridized carbons (Fsp3) is 0.902. The van der Waals surface area contributed by atoms with E-state index in [1.807, 2.05) is 13.8 Å². The van der Waals surface area contributed by atoms with Crippen LogP contribution in [-0.2, 0) is 28.5 Å². The number of hydrogen-bond acceptors (Lipinski definition) is 15. The monoisotopic (exact) mass is 796 g/mol. The van der Waals surface area contributed by atoms with E-state index in [1.54, 1.807) is 0 Å². The standard InChI is InChI=1S/C41H64O15/c1-36(18-43)10-12-41(35(52)56-34-31(51)29(49)28(48)24(16-42)54-34)13-11-39(4)20(21(41)14-36)6-7-26-37(2)15-22(45)32(55-33-30(50)27(47)23(46)17-53-33)38(3,19-44)25(37)8-9-40(26,39)5/h6,18,21-34,42,44-51H,7-17,19H2,1-5H3/t21?,22-,23+,24+,25?,26?,27-,28+,29-,30+,31+,32-,33-,34-,36?,37-,38-,39+,40+,41-/m0/s1. The normalized spacial score (nSPS) is 55.7. The first-order valence-corrected chi connectivity index (χ1v) is 20.5. The first-order chi connectivity index (χ1) is 26.2. The van der Waals surface area contributed by atoms with Gasteiger partial charge in [0.25, 0.3) is 0 Å². The van der Waals surface area contributed by atoms with Crippen molar-refractivity contribution in [3.8, 4) is 0 Å². The van der Waals surface area contributed by atoms with E-state index in [1.165, 1.54) is 0 Å². The molecule has 15 nitrogen and oxygen atoms in total. The molecule has 7 aliphatic rings. The van der Waals surface area contributed by atoms with Crippen molar-refractivity contribution >= 4 is 12.3 Å². The number of hydrogen-bond donors (Lipinski definition) is 9. The van der Waals surface area contributed by atoms with Gasteiger partial charge in [-0.25, -0.2) is 0 Å². The molecular weight excluding hydrogens is 732 g/mol. The summed E-state index contributed by atoms with van der Waals surface area (Å²) in [5.41, 5.74) is -2.90. The maximum absolute atomic E-state index is 14.5. The van der Waals surface area contributed by atoms with Crippen molar-refractivity contribution in [2.24, 2.45) is 50.2 Å². The van der Waals surface area contributed by atoms with Gasteiger partial charge in [0.15, 0.2) is 6.29 Å². The highest BCUT2D eigenvalue weighted by atomic mass is 16.7. The van der Waals surface area contributed by atoms with E-state index in [0.717, 1.165) is 18.3 Å². The lowest BCUT2D eigenvalue weighted by Gasteiger charge is -2.71. The van der Waals surface area contributed by atoms with Gasteiger partial charge in [-0.1, -0.05) is 46.3 Å². The number of aldehydes is 1. The Hall–Kier alpha value is -1.60. The number of fused-ring (bicyclic) bond motifs is 7. The van der Waals surface area contributed by atoms with E-state index in [2.05, 4.69) is 26.8 Å². The van der Waals surface area contributed by atoms with Crippen molar-refractivity contribution in [1.82, 2.24) is 0 Å². The Morgan fingerprint density at radius 3 is 2.16 bits per heavy atom. The molecule has 56 heavy (non-hydrogen) atoms. The predicted molar refractivity (Wildman–Crippen MR) is 195 cm³/mol. The van der Waals surface area contributed by atoms with Gasteiger partial charge in [-0.3, -0.25) is 4.79 Å². The number of rotatable bonds is 7. The van der Waals surface area contributed by atoms with E-state index < -0.39 is 107 Å². The van der Waals surface area contributed by atoms with Gasteiger partial charge in [0.1, 0.15) is 49.0 Å². The molecule has 0 radical (unpaired) electrons. The Kier molecular flexibility index (Phi) is 11.0. The summed E-state index contributed by atoms with van der Waals surface area (Å²) in [6, 6.07) is 0. The lowest BCUT2D eigenvalue weighted by Crippen LogP contribution is -2.69. The molecule has 0 aromatic rings. The third-order valence-electron chi connectivity index (χ3n) is 17.0. The van der Waals surface area contributed by atoms with Crippen LogP contribution in [0.2, 0.25) is 0 Å². The molecule has 20 atom stereocenters. The van der Waals surface area contributed by atoms with Crippen LogP contribution in [0.3, 0.4) is 0 Å². The minimum atomic E-state index is -1.74. The van der Waals surface area contributed by atoms with Crippen molar-refractivity contribution in [1.29, 1.82) is 0 Å². The molecule has 15 heteroatoms. The molecule has 0 bridgehead atoms. The molecule has 9 N–H and O–H groups in total. The Morgan fingerprint density at radius 1 is 0.821 bits per heavy atom. The fourth-order valence-corrected chi connectivity index (χ4v) is 13.4. The Balaban J connectivity index is 1.20. The highest BCUT2D eigenvalue weighted by Gasteiger charge is 2.71. The van der Waals surface area contributed by atoms with Gasteiger partial charge >= 0.3 is 5.97 Å². The minimum Gasteiger partial charge on any atom is -0.432 e. The van der Waals surface area contributed by atoms with E-state index >= 15 is 0 Å². The maximum atomic E-state index is 14.5. The third kappa shape index (κ3) is 6.04. The summed E-state index contributed by atoms with van der Waals surface area (Å²) in [4.78, 5) is 27.2. The molecule has 0 amide bonds. The smallest absolute Gasteiger partial charge is 0.315 e. The first kappa shape index (κ1) is 42.5. The van der Waals surface area contributed by atoms with Crippen LogP contribution in [0.5, 0.6) is 0 Å². The molecule has 4 saturated carbocycles. The SMILES string of the molecule is CC1(C=O)CC[C@]2(C(=O)O[C@@H]3O[C@H](CO)[C@@H](O)[C@H](O)[C@H]3O)CC[C@]3(C)C(=CCC4[C@@]5(C)C[C@H](O)[C@H](O[C@@H]6OC[C@@H](O)[C@H](O)[C@H]6O)[C@@](C)(CO)C5CC[C@]43C)C2C1. The topological polar surface area (TPSA) is 253 Å². The summed E-state index contributed by atoms with van der Waals surface area (Å²) >= 11 is 0. The Labute approximate surface area is 328 Å². The van der Waals surface area contributed by atoms with Gasteiger partial charge in [-0.15, -0.1) is 0 Å². The molecular formula is C41H64O15. The molecule has 2 saturated heterocycles.